The Morgan fingerprint density at radius 1 is 1.14 bits per heavy atom. The van der Waals surface area contributed by atoms with Crippen LogP contribution in [0.15, 0.2) is 64.5 Å². The number of ether oxygens (including phenoxy) is 1. The van der Waals surface area contributed by atoms with E-state index in [1.807, 2.05) is 34.7 Å². The minimum absolute atomic E-state index is 0.00803. The summed E-state index contributed by atoms with van der Waals surface area (Å²) in [7, 11) is 1.60. The van der Waals surface area contributed by atoms with Gasteiger partial charge in [0.15, 0.2) is 10.9 Å². The Morgan fingerprint density at radius 3 is 2.67 bits per heavy atom. The highest BCUT2D eigenvalue weighted by Gasteiger charge is 2.27. The standard InChI is InChI=1S/C27H24N4O3S2/c1-16-8-13-20-22(14-16)36-25-23(20)24(33)30(18-6-4-3-5-7-18)26-28-29-27(31(25)26)35-15-21(32)17-9-11-19(34-2)12-10-17/h3-7,9-12,16H,8,13-15H2,1-2H3/t16-/m1/s1. The monoisotopic (exact) mass is 516 g/mol. The van der Waals surface area contributed by atoms with Gasteiger partial charge in [-0.3, -0.25) is 9.59 Å². The SMILES string of the molecule is COc1ccc(C(=O)CSc2nnc3n(-c4ccccc4)c(=O)c4c5c(sc4n23)C[C@H](C)CC5)cc1. The van der Waals surface area contributed by atoms with E-state index < -0.39 is 0 Å². The second kappa shape index (κ2) is 9.22. The summed E-state index contributed by atoms with van der Waals surface area (Å²) < 4.78 is 8.80. The van der Waals surface area contributed by atoms with Gasteiger partial charge < -0.3 is 4.74 Å². The number of aromatic nitrogens is 4. The van der Waals surface area contributed by atoms with Crippen LogP contribution in [0.4, 0.5) is 0 Å². The van der Waals surface area contributed by atoms with Crippen LogP contribution in [-0.4, -0.2) is 37.8 Å². The van der Waals surface area contributed by atoms with E-state index >= 15 is 0 Å². The zero-order chi connectivity index (χ0) is 24.8. The minimum Gasteiger partial charge on any atom is -0.497 e. The van der Waals surface area contributed by atoms with Crippen molar-refractivity contribution in [3.8, 4) is 11.4 Å². The van der Waals surface area contributed by atoms with Crippen molar-refractivity contribution in [3.05, 3.63) is 81.0 Å². The van der Waals surface area contributed by atoms with Gasteiger partial charge in [0.1, 0.15) is 10.6 Å². The lowest BCUT2D eigenvalue weighted by Gasteiger charge is -2.17. The number of hydrogen-bond acceptors (Lipinski definition) is 7. The number of thiophene rings is 1. The van der Waals surface area contributed by atoms with Crippen molar-refractivity contribution in [2.45, 2.75) is 31.3 Å². The molecule has 1 aliphatic rings. The van der Waals surface area contributed by atoms with E-state index in [4.69, 9.17) is 4.74 Å². The minimum atomic E-state index is -0.0611. The van der Waals surface area contributed by atoms with Crippen molar-refractivity contribution in [2.24, 2.45) is 5.92 Å². The number of aryl methyl sites for hydroxylation is 1. The molecule has 1 aliphatic carbocycles. The molecule has 5 aromatic rings. The van der Waals surface area contributed by atoms with Gasteiger partial charge in [0, 0.05) is 10.4 Å². The molecule has 1 atom stereocenters. The predicted octanol–water partition coefficient (Wildman–Crippen LogP) is 5.20. The maximum absolute atomic E-state index is 13.9. The van der Waals surface area contributed by atoms with Crippen LogP contribution < -0.4 is 10.3 Å². The van der Waals surface area contributed by atoms with E-state index in [2.05, 4.69) is 17.1 Å². The number of carbonyl (C=O) groups is 1. The van der Waals surface area contributed by atoms with E-state index in [9.17, 15) is 9.59 Å². The largest absolute Gasteiger partial charge is 0.497 e. The number of methoxy groups -OCH3 is 1. The number of hydrogen-bond donors (Lipinski definition) is 0. The maximum Gasteiger partial charge on any atom is 0.268 e. The third kappa shape index (κ3) is 3.83. The smallest absolute Gasteiger partial charge is 0.268 e. The molecule has 0 aliphatic heterocycles. The van der Waals surface area contributed by atoms with Crippen molar-refractivity contribution in [2.75, 3.05) is 12.9 Å². The summed E-state index contributed by atoms with van der Waals surface area (Å²) >= 11 is 3.00. The van der Waals surface area contributed by atoms with E-state index in [1.165, 1.54) is 16.6 Å². The molecule has 6 rings (SSSR count). The zero-order valence-corrected chi connectivity index (χ0v) is 21.6. The van der Waals surface area contributed by atoms with Crippen LogP contribution in [0.25, 0.3) is 21.7 Å². The Hall–Kier alpha value is -3.43. The summed E-state index contributed by atoms with van der Waals surface area (Å²) in [6, 6.07) is 16.7. The molecular formula is C27H24N4O3S2. The summed E-state index contributed by atoms with van der Waals surface area (Å²) in [6.07, 6.45) is 2.94. The highest BCUT2D eigenvalue weighted by atomic mass is 32.2. The molecule has 7 nitrogen and oxygen atoms in total. The van der Waals surface area contributed by atoms with Gasteiger partial charge in [-0.15, -0.1) is 21.5 Å². The van der Waals surface area contributed by atoms with Crippen LogP contribution in [0.1, 0.15) is 34.1 Å². The molecule has 0 bridgehead atoms. The van der Waals surface area contributed by atoms with Gasteiger partial charge in [0.25, 0.3) is 5.56 Å². The molecular weight excluding hydrogens is 492 g/mol. The first-order valence-corrected chi connectivity index (χ1v) is 13.6. The first-order chi connectivity index (χ1) is 17.5. The van der Waals surface area contributed by atoms with Crippen molar-refractivity contribution in [1.29, 1.82) is 0 Å². The fourth-order valence-corrected chi connectivity index (χ4v) is 7.18. The quantitative estimate of drug-likeness (QED) is 0.228. The van der Waals surface area contributed by atoms with E-state index in [1.54, 1.807) is 47.3 Å². The summed E-state index contributed by atoms with van der Waals surface area (Å²) in [6.45, 7) is 2.26. The first kappa shape index (κ1) is 23.0. The number of thioether (sulfide) groups is 1. The Balaban J connectivity index is 1.48. The average Bonchev–Trinajstić information content (AvgIpc) is 3.49. The van der Waals surface area contributed by atoms with Crippen LogP contribution in [0, 0.1) is 5.92 Å². The molecule has 0 saturated heterocycles. The Labute approximate surface area is 215 Å². The van der Waals surface area contributed by atoms with Crippen LogP contribution in [0.3, 0.4) is 0 Å². The van der Waals surface area contributed by atoms with Gasteiger partial charge in [-0.2, -0.15) is 0 Å². The lowest BCUT2D eigenvalue weighted by molar-refractivity contribution is 0.102. The molecule has 3 heterocycles. The predicted molar refractivity (Wildman–Crippen MR) is 143 cm³/mol. The van der Waals surface area contributed by atoms with Crippen molar-refractivity contribution >= 4 is 44.9 Å². The summed E-state index contributed by atoms with van der Waals surface area (Å²) in [5, 5.41) is 10.2. The van der Waals surface area contributed by atoms with Crippen LogP contribution in [0.5, 0.6) is 5.75 Å². The van der Waals surface area contributed by atoms with Gasteiger partial charge >= 0.3 is 0 Å². The molecule has 0 saturated carbocycles. The van der Waals surface area contributed by atoms with E-state index in [0.29, 0.717) is 28.2 Å². The molecule has 0 radical (unpaired) electrons. The Kier molecular flexibility index (Phi) is 5.89. The number of carbonyl (C=O) groups excluding carboxylic acids is 1. The molecule has 0 amide bonds. The Morgan fingerprint density at radius 2 is 1.92 bits per heavy atom. The summed E-state index contributed by atoms with van der Waals surface area (Å²) in [5.41, 5.74) is 2.46. The second-order valence-corrected chi connectivity index (χ2v) is 11.1. The van der Waals surface area contributed by atoms with Gasteiger partial charge in [-0.25, -0.2) is 8.97 Å². The number of benzene rings is 2. The fraction of sp³-hybridized carbons (Fsp3) is 0.259. The highest BCUT2D eigenvalue weighted by Crippen LogP contribution is 2.38. The lowest BCUT2D eigenvalue weighted by atomic mass is 9.89. The number of fused-ring (bicyclic) bond motifs is 5. The van der Waals surface area contributed by atoms with Crippen LogP contribution >= 0.6 is 23.1 Å². The molecule has 0 unspecified atom stereocenters. The summed E-state index contributed by atoms with van der Waals surface area (Å²) in [4.78, 5) is 28.9. The number of rotatable bonds is 6. The van der Waals surface area contributed by atoms with Gasteiger partial charge in [-0.1, -0.05) is 36.9 Å². The van der Waals surface area contributed by atoms with E-state index in [-0.39, 0.29) is 17.1 Å². The molecule has 0 spiro atoms. The van der Waals surface area contributed by atoms with Gasteiger partial charge in [0.2, 0.25) is 5.78 Å². The number of nitrogens with zero attached hydrogens (tertiary/aromatic N) is 4. The van der Waals surface area contributed by atoms with Crippen molar-refractivity contribution in [1.82, 2.24) is 19.2 Å². The molecule has 182 valence electrons. The van der Waals surface area contributed by atoms with Crippen LogP contribution in [0.2, 0.25) is 0 Å². The number of Topliss-reactive ketones (excluding diaryl/α,β-unsaturated/α-hetero) is 1. The fourth-order valence-electron chi connectivity index (χ4n) is 4.80. The molecule has 36 heavy (non-hydrogen) atoms. The average molecular weight is 517 g/mol. The van der Waals surface area contributed by atoms with Crippen molar-refractivity contribution in [3.63, 3.8) is 0 Å². The van der Waals surface area contributed by atoms with Crippen molar-refractivity contribution < 1.29 is 9.53 Å². The molecule has 3 aromatic heterocycles. The third-order valence-corrected chi connectivity index (χ3v) is 8.86. The first-order valence-electron chi connectivity index (χ1n) is 11.8. The van der Waals surface area contributed by atoms with Crippen LogP contribution in [-0.2, 0) is 12.8 Å². The third-order valence-electron chi connectivity index (χ3n) is 6.69. The molecule has 0 N–H and O–H groups in total. The second-order valence-electron chi connectivity index (χ2n) is 9.07. The number of ketones is 1. The topological polar surface area (TPSA) is 78.5 Å². The maximum atomic E-state index is 13.9. The van der Waals surface area contributed by atoms with E-state index in [0.717, 1.165) is 40.7 Å². The molecule has 9 heteroatoms. The zero-order valence-electron chi connectivity index (χ0n) is 19.9. The number of para-hydroxylation sites is 1. The van der Waals surface area contributed by atoms with Gasteiger partial charge in [0.05, 0.1) is 23.9 Å². The van der Waals surface area contributed by atoms with Gasteiger partial charge in [-0.05, 0) is 67.1 Å². The normalized spacial score (nSPS) is 15.3. The Bertz CT molecular complexity index is 1650. The highest BCUT2D eigenvalue weighted by molar-refractivity contribution is 7.99. The molecule has 2 aromatic carbocycles. The summed E-state index contributed by atoms with van der Waals surface area (Å²) in [5.74, 6) is 1.96. The molecule has 0 fully saturated rings. The lowest BCUT2D eigenvalue weighted by Crippen LogP contribution is -2.22.